The van der Waals surface area contributed by atoms with Gasteiger partial charge in [-0.15, -0.1) is 0 Å². The van der Waals surface area contributed by atoms with E-state index in [-0.39, 0.29) is 5.91 Å². The molecule has 3 atom stereocenters. The zero-order valence-electron chi connectivity index (χ0n) is 10.5. The number of carbonyl (C=O) groups is 2. The Morgan fingerprint density at radius 1 is 1.35 bits per heavy atom. The highest BCUT2D eigenvalue weighted by Gasteiger charge is 2.24. The van der Waals surface area contributed by atoms with Gasteiger partial charge in [0, 0.05) is 19.5 Å². The summed E-state index contributed by atoms with van der Waals surface area (Å²) in [6.07, 6.45) is 4.73. The molecule has 5 heteroatoms. The lowest BCUT2D eigenvalue weighted by Gasteiger charge is -2.30. The Morgan fingerprint density at radius 2 is 2.00 bits per heavy atom. The quantitative estimate of drug-likeness (QED) is 0.664. The van der Waals surface area contributed by atoms with Crippen molar-refractivity contribution in [3.05, 3.63) is 0 Å². The minimum atomic E-state index is -0.990. The van der Waals surface area contributed by atoms with Crippen molar-refractivity contribution in [2.75, 3.05) is 6.54 Å². The first-order valence-corrected chi connectivity index (χ1v) is 6.24. The molecule has 3 unspecified atom stereocenters. The van der Waals surface area contributed by atoms with Crippen LogP contribution in [0, 0.1) is 5.92 Å². The molecule has 1 fully saturated rings. The van der Waals surface area contributed by atoms with Crippen LogP contribution in [0.15, 0.2) is 0 Å². The SMILES string of the molecule is CC(=O)NC(CNC1CCCCC1C)C(=O)O. The van der Waals surface area contributed by atoms with Crippen LogP contribution in [0.3, 0.4) is 0 Å². The Morgan fingerprint density at radius 3 is 2.53 bits per heavy atom. The number of carboxylic acids is 1. The molecule has 0 aromatic carbocycles. The highest BCUT2D eigenvalue weighted by molar-refractivity contribution is 5.82. The first-order valence-electron chi connectivity index (χ1n) is 6.24. The first-order chi connectivity index (χ1) is 8.00. The van der Waals surface area contributed by atoms with Gasteiger partial charge in [-0.25, -0.2) is 4.79 Å². The van der Waals surface area contributed by atoms with Crippen molar-refractivity contribution in [1.29, 1.82) is 0 Å². The van der Waals surface area contributed by atoms with Crippen LogP contribution < -0.4 is 10.6 Å². The summed E-state index contributed by atoms with van der Waals surface area (Å²) in [7, 11) is 0. The van der Waals surface area contributed by atoms with Crippen molar-refractivity contribution in [2.45, 2.75) is 51.6 Å². The number of nitrogens with one attached hydrogen (secondary N) is 2. The fourth-order valence-electron chi connectivity index (χ4n) is 2.33. The molecule has 3 N–H and O–H groups in total. The highest BCUT2D eigenvalue weighted by Crippen LogP contribution is 2.23. The van der Waals surface area contributed by atoms with Gasteiger partial charge in [0.15, 0.2) is 0 Å². The molecule has 0 aromatic heterocycles. The molecule has 0 spiro atoms. The predicted octanol–water partition coefficient (Wildman–Crippen LogP) is 0.744. The molecule has 1 rings (SSSR count). The summed E-state index contributed by atoms with van der Waals surface area (Å²) in [5, 5.41) is 14.7. The Labute approximate surface area is 102 Å². The van der Waals surface area contributed by atoms with E-state index in [9.17, 15) is 9.59 Å². The summed E-state index contributed by atoms with van der Waals surface area (Å²) < 4.78 is 0. The van der Waals surface area contributed by atoms with Crippen LogP contribution in [0.25, 0.3) is 0 Å². The van der Waals surface area contributed by atoms with E-state index in [0.717, 1.165) is 6.42 Å². The van der Waals surface area contributed by atoms with E-state index in [1.807, 2.05) is 0 Å². The summed E-state index contributed by atoms with van der Waals surface area (Å²) in [6.45, 7) is 3.81. The Bertz CT molecular complexity index is 281. The number of carbonyl (C=O) groups excluding carboxylic acids is 1. The van der Waals surface area contributed by atoms with Crippen molar-refractivity contribution in [3.63, 3.8) is 0 Å². The maximum Gasteiger partial charge on any atom is 0.327 e. The second kappa shape index (κ2) is 6.59. The molecular formula is C12H22N2O3. The molecule has 1 saturated carbocycles. The van der Waals surface area contributed by atoms with Crippen LogP contribution >= 0.6 is 0 Å². The number of carboxylic acid groups (broad SMARTS) is 1. The van der Waals surface area contributed by atoms with E-state index in [4.69, 9.17) is 5.11 Å². The van der Waals surface area contributed by atoms with Crippen molar-refractivity contribution in [1.82, 2.24) is 10.6 Å². The first kappa shape index (κ1) is 14.0. The third-order valence-corrected chi connectivity index (χ3v) is 3.37. The van der Waals surface area contributed by atoms with E-state index in [1.54, 1.807) is 0 Å². The average Bonchev–Trinajstić information content (AvgIpc) is 2.25. The molecule has 5 nitrogen and oxygen atoms in total. The zero-order valence-corrected chi connectivity index (χ0v) is 10.5. The molecule has 0 bridgehead atoms. The van der Waals surface area contributed by atoms with E-state index in [2.05, 4.69) is 17.6 Å². The van der Waals surface area contributed by atoms with E-state index in [1.165, 1.54) is 26.2 Å². The maximum atomic E-state index is 10.9. The molecule has 1 amide bonds. The van der Waals surface area contributed by atoms with Crippen LogP contribution in [-0.2, 0) is 9.59 Å². The molecule has 0 radical (unpaired) electrons. The Hall–Kier alpha value is -1.10. The topological polar surface area (TPSA) is 78.4 Å². The van der Waals surface area contributed by atoms with Gasteiger partial charge in [0.1, 0.15) is 6.04 Å². The minimum absolute atomic E-state index is 0.296. The third-order valence-electron chi connectivity index (χ3n) is 3.37. The summed E-state index contributed by atoms with van der Waals surface area (Å²) in [6, 6.07) is -0.457. The van der Waals surface area contributed by atoms with E-state index >= 15 is 0 Å². The molecule has 0 aromatic rings. The molecule has 0 aliphatic heterocycles. The third kappa shape index (κ3) is 4.73. The fourth-order valence-corrected chi connectivity index (χ4v) is 2.33. The molecule has 0 saturated heterocycles. The second-order valence-corrected chi connectivity index (χ2v) is 4.87. The van der Waals surface area contributed by atoms with Crippen molar-refractivity contribution in [2.24, 2.45) is 5.92 Å². The van der Waals surface area contributed by atoms with Gasteiger partial charge in [0.05, 0.1) is 0 Å². The Kier molecular flexibility index (Phi) is 5.41. The number of aliphatic carboxylic acids is 1. The Balaban J connectivity index is 2.39. The molecule has 1 aliphatic carbocycles. The predicted molar refractivity (Wildman–Crippen MR) is 64.7 cm³/mol. The number of amides is 1. The van der Waals surface area contributed by atoms with Gasteiger partial charge in [-0.05, 0) is 18.8 Å². The molecule has 98 valence electrons. The van der Waals surface area contributed by atoms with Crippen LogP contribution in [0.1, 0.15) is 39.5 Å². The van der Waals surface area contributed by atoms with E-state index < -0.39 is 12.0 Å². The standard InChI is InChI=1S/C12H22N2O3/c1-8-5-3-4-6-10(8)13-7-11(12(16)17)14-9(2)15/h8,10-11,13H,3-7H2,1-2H3,(H,14,15)(H,16,17). The zero-order chi connectivity index (χ0) is 12.8. The van der Waals surface area contributed by atoms with Crippen LogP contribution in [0.5, 0.6) is 0 Å². The normalized spacial score (nSPS) is 26.2. The van der Waals surface area contributed by atoms with Gasteiger partial charge in [0.2, 0.25) is 5.91 Å². The van der Waals surface area contributed by atoms with Gasteiger partial charge in [-0.1, -0.05) is 19.8 Å². The number of hydrogen-bond donors (Lipinski definition) is 3. The summed E-state index contributed by atoms with van der Waals surface area (Å²) in [4.78, 5) is 21.8. The fraction of sp³-hybridized carbons (Fsp3) is 0.833. The van der Waals surface area contributed by atoms with Crippen LogP contribution in [0.2, 0.25) is 0 Å². The summed E-state index contributed by atoms with van der Waals surface area (Å²) >= 11 is 0. The lowest BCUT2D eigenvalue weighted by molar-refractivity contribution is -0.141. The van der Waals surface area contributed by atoms with Gasteiger partial charge >= 0.3 is 5.97 Å². The maximum absolute atomic E-state index is 10.9. The number of hydrogen-bond acceptors (Lipinski definition) is 3. The van der Waals surface area contributed by atoms with Gasteiger partial charge in [0.25, 0.3) is 0 Å². The smallest absolute Gasteiger partial charge is 0.327 e. The van der Waals surface area contributed by atoms with E-state index in [0.29, 0.717) is 18.5 Å². The van der Waals surface area contributed by atoms with Crippen molar-refractivity contribution >= 4 is 11.9 Å². The molecule has 0 heterocycles. The summed E-state index contributed by atoms with van der Waals surface area (Å²) in [5.41, 5.74) is 0. The van der Waals surface area contributed by atoms with Gasteiger partial charge in [-0.3, -0.25) is 4.79 Å². The average molecular weight is 242 g/mol. The van der Waals surface area contributed by atoms with Crippen molar-refractivity contribution < 1.29 is 14.7 Å². The van der Waals surface area contributed by atoms with Crippen LogP contribution in [-0.4, -0.2) is 35.6 Å². The lowest BCUT2D eigenvalue weighted by atomic mass is 9.86. The van der Waals surface area contributed by atoms with Crippen molar-refractivity contribution in [3.8, 4) is 0 Å². The number of rotatable bonds is 5. The lowest BCUT2D eigenvalue weighted by Crippen LogP contribution is -2.50. The highest BCUT2D eigenvalue weighted by atomic mass is 16.4. The van der Waals surface area contributed by atoms with Gasteiger partial charge < -0.3 is 15.7 Å². The largest absolute Gasteiger partial charge is 0.480 e. The monoisotopic (exact) mass is 242 g/mol. The molecule has 1 aliphatic rings. The summed E-state index contributed by atoms with van der Waals surface area (Å²) in [5.74, 6) is -0.720. The second-order valence-electron chi connectivity index (χ2n) is 4.87. The molecular weight excluding hydrogens is 220 g/mol. The van der Waals surface area contributed by atoms with Crippen LogP contribution in [0.4, 0.5) is 0 Å². The van der Waals surface area contributed by atoms with Gasteiger partial charge in [-0.2, -0.15) is 0 Å². The minimum Gasteiger partial charge on any atom is -0.480 e. The molecule has 17 heavy (non-hydrogen) atoms.